The van der Waals surface area contributed by atoms with E-state index in [4.69, 9.17) is 13.9 Å². The Morgan fingerprint density at radius 3 is 2.51 bits per heavy atom. The number of methoxy groups -OCH3 is 1. The first-order chi connectivity index (χ1) is 17.0. The van der Waals surface area contributed by atoms with Gasteiger partial charge in [0.1, 0.15) is 17.4 Å². The fourth-order valence-corrected chi connectivity index (χ4v) is 3.96. The van der Waals surface area contributed by atoms with Gasteiger partial charge >= 0.3 is 0 Å². The Bertz CT molecular complexity index is 1140. The third-order valence-corrected chi connectivity index (χ3v) is 5.97. The fourth-order valence-electron chi connectivity index (χ4n) is 3.96. The number of nitrogens with zero attached hydrogens (tertiary/aromatic N) is 2. The number of carbonyl (C=O) groups excluding carboxylic acids is 2. The van der Waals surface area contributed by atoms with E-state index in [0.717, 1.165) is 17.7 Å². The molecule has 2 heterocycles. The van der Waals surface area contributed by atoms with Gasteiger partial charge in [-0.05, 0) is 54.8 Å². The molecule has 35 heavy (non-hydrogen) atoms. The van der Waals surface area contributed by atoms with Crippen LogP contribution in [0.2, 0.25) is 0 Å². The van der Waals surface area contributed by atoms with Gasteiger partial charge < -0.3 is 13.9 Å². The van der Waals surface area contributed by atoms with Crippen LogP contribution >= 0.6 is 0 Å². The maximum absolute atomic E-state index is 13.2. The Labute approximate surface area is 206 Å². The SMILES string of the molecule is CCCCCCCCOc1ccc(/C=C2/C(=O)N(Cc3ccco3)C(=O)C(C#N)=C2C)cc1OC. The van der Waals surface area contributed by atoms with E-state index in [1.807, 2.05) is 18.2 Å². The molecule has 1 aliphatic rings. The predicted octanol–water partition coefficient (Wildman–Crippen LogP) is 5.82. The summed E-state index contributed by atoms with van der Waals surface area (Å²) in [4.78, 5) is 27.0. The number of imide groups is 1. The highest BCUT2D eigenvalue weighted by atomic mass is 16.5. The zero-order chi connectivity index (χ0) is 25.2. The summed E-state index contributed by atoms with van der Waals surface area (Å²) in [7, 11) is 1.57. The Morgan fingerprint density at radius 2 is 1.83 bits per heavy atom. The Kier molecular flexibility index (Phi) is 9.31. The molecule has 0 spiro atoms. The topological polar surface area (TPSA) is 92.8 Å². The van der Waals surface area contributed by atoms with Gasteiger partial charge in [-0.2, -0.15) is 5.26 Å². The highest BCUT2D eigenvalue weighted by molar-refractivity contribution is 6.19. The van der Waals surface area contributed by atoms with Crippen LogP contribution in [0.25, 0.3) is 6.08 Å². The molecule has 0 fully saturated rings. The molecular formula is C28H32N2O5. The van der Waals surface area contributed by atoms with Crippen LogP contribution in [-0.2, 0) is 16.1 Å². The molecule has 2 aromatic rings. The van der Waals surface area contributed by atoms with Crippen molar-refractivity contribution in [1.82, 2.24) is 4.90 Å². The third-order valence-electron chi connectivity index (χ3n) is 5.97. The van der Waals surface area contributed by atoms with E-state index >= 15 is 0 Å². The van der Waals surface area contributed by atoms with Crippen LogP contribution < -0.4 is 9.47 Å². The van der Waals surface area contributed by atoms with Crippen molar-refractivity contribution < 1.29 is 23.5 Å². The molecule has 0 radical (unpaired) electrons. The molecule has 7 nitrogen and oxygen atoms in total. The first kappa shape index (κ1) is 25.8. The maximum atomic E-state index is 13.2. The number of hydrogen-bond acceptors (Lipinski definition) is 6. The first-order valence-corrected chi connectivity index (χ1v) is 12.0. The third kappa shape index (κ3) is 6.42. The summed E-state index contributed by atoms with van der Waals surface area (Å²) in [6.07, 6.45) is 10.2. The van der Waals surface area contributed by atoms with Crippen molar-refractivity contribution in [2.75, 3.05) is 13.7 Å². The van der Waals surface area contributed by atoms with E-state index in [2.05, 4.69) is 6.92 Å². The van der Waals surface area contributed by atoms with Crippen molar-refractivity contribution in [3.05, 3.63) is 64.6 Å². The van der Waals surface area contributed by atoms with Gasteiger partial charge in [-0.1, -0.05) is 45.1 Å². The minimum absolute atomic E-state index is 0.0466. The highest BCUT2D eigenvalue weighted by Gasteiger charge is 2.36. The molecule has 1 aliphatic heterocycles. The van der Waals surface area contributed by atoms with Gasteiger partial charge in [0.2, 0.25) is 0 Å². The summed E-state index contributed by atoms with van der Waals surface area (Å²) in [5.74, 6) is 0.540. The fraction of sp³-hybridized carbons (Fsp3) is 0.393. The van der Waals surface area contributed by atoms with Crippen molar-refractivity contribution in [3.63, 3.8) is 0 Å². The molecular weight excluding hydrogens is 444 g/mol. The van der Waals surface area contributed by atoms with E-state index in [9.17, 15) is 14.9 Å². The number of furan rings is 1. The van der Waals surface area contributed by atoms with Crippen LogP contribution in [0.5, 0.6) is 11.5 Å². The van der Waals surface area contributed by atoms with Crippen LogP contribution in [-0.4, -0.2) is 30.4 Å². The zero-order valence-electron chi connectivity index (χ0n) is 20.6. The van der Waals surface area contributed by atoms with Gasteiger partial charge in [-0.25, -0.2) is 0 Å². The average molecular weight is 477 g/mol. The minimum atomic E-state index is -0.625. The van der Waals surface area contributed by atoms with Gasteiger partial charge in [0, 0.05) is 5.57 Å². The summed E-state index contributed by atoms with van der Waals surface area (Å²) >= 11 is 0. The standard InChI is InChI=1S/C28H32N2O5/c1-4-5-6-7-8-9-14-35-25-13-12-21(17-26(25)33-3)16-23-20(2)24(18-29)28(32)30(27(23)31)19-22-11-10-15-34-22/h10-13,15-17H,4-9,14,19H2,1-3H3/b23-16+. The molecule has 0 bridgehead atoms. The van der Waals surface area contributed by atoms with Crippen molar-refractivity contribution in [2.45, 2.75) is 58.9 Å². The van der Waals surface area contributed by atoms with E-state index < -0.39 is 11.8 Å². The lowest BCUT2D eigenvalue weighted by atomic mass is 9.93. The molecule has 0 N–H and O–H groups in total. The highest BCUT2D eigenvalue weighted by Crippen LogP contribution is 2.32. The second kappa shape index (κ2) is 12.6. The molecule has 0 saturated carbocycles. The quantitative estimate of drug-likeness (QED) is 0.218. The molecule has 0 unspecified atom stereocenters. The van der Waals surface area contributed by atoms with Crippen LogP contribution in [0.1, 0.15) is 63.7 Å². The lowest BCUT2D eigenvalue weighted by molar-refractivity contribution is -0.141. The number of unbranched alkanes of at least 4 members (excludes halogenated alkanes) is 5. The molecule has 1 aromatic heterocycles. The van der Waals surface area contributed by atoms with Gasteiger partial charge in [-0.15, -0.1) is 0 Å². The number of hydrogen-bond donors (Lipinski definition) is 0. The molecule has 2 amide bonds. The molecule has 1 aromatic carbocycles. The molecule has 0 saturated heterocycles. The summed E-state index contributed by atoms with van der Waals surface area (Å²) < 4.78 is 16.7. The number of rotatable bonds is 12. The summed E-state index contributed by atoms with van der Waals surface area (Å²) in [6, 6.07) is 10.7. The van der Waals surface area contributed by atoms with Crippen LogP contribution in [0.3, 0.4) is 0 Å². The van der Waals surface area contributed by atoms with Crippen molar-refractivity contribution in [2.24, 2.45) is 0 Å². The first-order valence-electron chi connectivity index (χ1n) is 12.0. The molecule has 7 heteroatoms. The Hall–Kier alpha value is -3.79. The van der Waals surface area contributed by atoms with Crippen LogP contribution in [0, 0.1) is 11.3 Å². The molecule has 184 valence electrons. The van der Waals surface area contributed by atoms with Gasteiger partial charge in [0.25, 0.3) is 11.8 Å². The van der Waals surface area contributed by atoms with Crippen LogP contribution in [0.4, 0.5) is 0 Å². The second-order valence-corrected chi connectivity index (χ2v) is 8.47. The van der Waals surface area contributed by atoms with Crippen molar-refractivity contribution in [1.29, 1.82) is 5.26 Å². The number of carbonyl (C=O) groups is 2. The minimum Gasteiger partial charge on any atom is -0.493 e. The van der Waals surface area contributed by atoms with Gasteiger partial charge in [-0.3, -0.25) is 14.5 Å². The zero-order valence-corrected chi connectivity index (χ0v) is 20.6. The van der Waals surface area contributed by atoms with E-state index in [1.165, 1.54) is 31.9 Å². The van der Waals surface area contributed by atoms with E-state index in [-0.39, 0.29) is 17.7 Å². The normalized spacial score (nSPS) is 15.0. The van der Waals surface area contributed by atoms with Gasteiger partial charge in [0.15, 0.2) is 11.5 Å². The monoisotopic (exact) mass is 476 g/mol. The average Bonchev–Trinajstić information content (AvgIpc) is 3.38. The second-order valence-electron chi connectivity index (χ2n) is 8.47. The summed E-state index contributed by atoms with van der Waals surface area (Å²) in [5.41, 5.74) is 1.25. The summed E-state index contributed by atoms with van der Waals surface area (Å²) in [5, 5.41) is 9.57. The lowest BCUT2D eigenvalue weighted by Gasteiger charge is -2.26. The van der Waals surface area contributed by atoms with Gasteiger partial charge in [0.05, 0.1) is 26.5 Å². The number of ether oxygens (including phenoxy) is 2. The number of benzene rings is 1. The van der Waals surface area contributed by atoms with E-state index in [0.29, 0.717) is 35.0 Å². The maximum Gasteiger partial charge on any atom is 0.272 e. The molecule has 0 aliphatic carbocycles. The smallest absolute Gasteiger partial charge is 0.272 e. The lowest BCUT2D eigenvalue weighted by Crippen LogP contribution is -2.42. The van der Waals surface area contributed by atoms with Crippen molar-refractivity contribution >= 4 is 17.9 Å². The predicted molar refractivity (Wildman–Crippen MR) is 132 cm³/mol. The molecule has 0 atom stereocenters. The van der Waals surface area contributed by atoms with E-state index in [1.54, 1.807) is 38.3 Å². The number of amides is 2. The summed E-state index contributed by atoms with van der Waals surface area (Å²) in [6.45, 7) is 4.38. The Morgan fingerprint density at radius 1 is 1.06 bits per heavy atom. The largest absolute Gasteiger partial charge is 0.493 e. The molecule has 3 rings (SSSR count). The Balaban J connectivity index is 1.78. The van der Waals surface area contributed by atoms with Crippen molar-refractivity contribution in [3.8, 4) is 17.6 Å². The number of nitriles is 1. The van der Waals surface area contributed by atoms with Crippen LogP contribution in [0.15, 0.2) is 57.7 Å².